The number of carboxylic acid groups (broad SMARTS) is 1. The molecule has 0 aliphatic carbocycles. The fourth-order valence-electron chi connectivity index (χ4n) is 1.17. The van der Waals surface area contributed by atoms with Crippen molar-refractivity contribution in [2.75, 3.05) is 0 Å². The average molecular weight is 318 g/mol. The summed E-state index contributed by atoms with van der Waals surface area (Å²) in [5.74, 6) is -3.17. The zero-order valence-electron chi connectivity index (χ0n) is 10.3. The molecule has 21 heavy (non-hydrogen) atoms. The minimum atomic E-state index is -5.08. The summed E-state index contributed by atoms with van der Waals surface area (Å²) in [5, 5.41) is 9.92. The van der Waals surface area contributed by atoms with Crippen LogP contribution in [-0.2, 0) is 4.79 Å². The van der Waals surface area contributed by atoms with Crippen LogP contribution >= 0.6 is 11.3 Å². The lowest BCUT2D eigenvalue weighted by molar-refractivity contribution is -0.192. The molecule has 1 heterocycles. The van der Waals surface area contributed by atoms with Gasteiger partial charge in [0.05, 0.1) is 0 Å². The third-order valence-corrected chi connectivity index (χ3v) is 2.89. The zero-order chi connectivity index (χ0) is 16.0. The second-order valence-electron chi connectivity index (χ2n) is 3.59. The van der Waals surface area contributed by atoms with Gasteiger partial charge in [-0.25, -0.2) is 9.78 Å². The van der Waals surface area contributed by atoms with E-state index in [1.807, 2.05) is 11.4 Å². The first-order valence-corrected chi connectivity index (χ1v) is 6.19. The SMILES string of the molecule is NC(=O)c1cccc(-c2nccs2)c1.O=C(O)C(F)(F)F. The van der Waals surface area contributed by atoms with Crippen molar-refractivity contribution < 1.29 is 27.9 Å². The van der Waals surface area contributed by atoms with Crippen molar-refractivity contribution >= 4 is 23.2 Å². The number of hydrogen-bond donors (Lipinski definition) is 2. The molecular formula is C12H9F3N2O3S. The molecule has 0 atom stereocenters. The number of halogens is 3. The van der Waals surface area contributed by atoms with Gasteiger partial charge in [0.15, 0.2) is 0 Å². The number of nitrogens with two attached hydrogens (primary N) is 1. The number of benzene rings is 1. The second-order valence-corrected chi connectivity index (χ2v) is 4.48. The van der Waals surface area contributed by atoms with E-state index in [4.69, 9.17) is 15.6 Å². The van der Waals surface area contributed by atoms with E-state index in [9.17, 15) is 18.0 Å². The van der Waals surface area contributed by atoms with Crippen molar-refractivity contribution in [3.63, 3.8) is 0 Å². The van der Waals surface area contributed by atoms with Crippen molar-refractivity contribution in [2.45, 2.75) is 6.18 Å². The predicted octanol–water partition coefficient (Wildman–Crippen LogP) is 2.54. The summed E-state index contributed by atoms with van der Waals surface area (Å²) >= 11 is 1.53. The third-order valence-electron chi connectivity index (χ3n) is 2.07. The van der Waals surface area contributed by atoms with Gasteiger partial charge in [-0.15, -0.1) is 11.3 Å². The average Bonchev–Trinajstić information content (AvgIpc) is 2.92. The lowest BCUT2D eigenvalue weighted by Crippen LogP contribution is -2.21. The van der Waals surface area contributed by atoms with E-state index in [0.29, 0.717) is 5.56 Å². The topological polar surface area (TPSA) is 93.3 Å². The molecule has 0 fully saturated rings. The second kappa shape index (κ2) is 6.84. The molecule has 1 aromatic heterocycles. The molecule has 3 N–H and O–H groups in total. The molecule has 0 aliphatic heterocycles. The first-order valence-electron chi connectivity index (χ1n) is 5.31. The number of alkyl halides is 3. The van der Waals surface area contributed by atoms with Crippen LogP contribution < -0.4 is 5.73 Å². The number of rotatable bonds is 2. The van der Waals surface area contributed by atoms with Crippen molar-refractivity contribution in [1.29, 1.82) is 0 Å². The van der Waals surface area contributed by atoms with Crippen molar-refractivity contribution in [2.24, 2.45) is 5.73 Å². The number of hydrogen-bond acceptors (Lipinski definition) is 4. The van der Waals surface area contributed by atoms with Crippen LogP contribution in [0.25, 0.3) is 10.6 Å². The van der Waals surface area contributed by atoms with Crippen LogP contribution in [0.2, 0.25) is 0 Å². The number of aliphatic carboxylic acids is 1. The van der Waals surface area contributed by atoms with Gasteiger partial charge in [-0.2, -0.15) is 13.2 Å². The molecular weight excluding hydrogens is 309 g/mol. The number of primary amides is 1. The Morgan fingerprint density at radius 3 is 2.33 bits per heavy atom. The largest absolute Gasteiger partial charge is 0.490 e. The Bertz CT molecular complexity index is 627. The van der Waals surface area contributed by atoms with Gasteiger partial charge in [-0.1, -0.05) is 12.1 Å². The molecule has 9 heteroatoms. The Labute approximate surface area is 120 Å². The number of nitrogens with zero attached hydrogens (tertiary/aromatic N) is 1. The standard InChI is InChI=1S/C10H8N2OS.C2HF3O2/c11-9(13)7-2-1-3-8(6-7)10-12-4-5-14-10;3-2(4,5)1(6)7/h1-6H,(H2,11,13);(H,6,7). The molecule has 0 bridgehead atoms. The first kappa shape index (κ1) is 16.6. The fraction of sp³-hybridized carbons (Fsp3) is 0.0833. The van der Waals surface area contributed by atoms with E-state index in [-0.39, 0.29) is 0 Å². The quantitative estimate of drug-likeness (QED) is 0.890. The molecule has 0 radical (unpaired) electrons. The van der Waals surface area contributed by atoms with E-state index < -0.39 is 18.1 Å². The molecule has 0 aliphatic rings. The van der Waals surface area contributed by atoms with E-state index in [1.165, 1.54) is 11.3 Å². The molecule has 112 valence electrons. The number of carboxylic acids is 1. The monoisotopic (exact) mass is 318 g/mol. The molecule has 2 aromatic rings. The van der Waals surface area contributed by atoms with Gasteiger partial charge in [0, 0.05) is 22.7 Å². The number of aromatic nitrogens is 1. The Morgan fingerprint density at radius 2 is 1.90 bits per heavy atom. The van der Waals surface area contributed by atoms with Crippen LogP contribution in [0.4, 0.5) is 13.2 Å². The number of carbonyl (C=O) groups excluding carboxylic acids is 1. The van der Waals surface area contributed by atoms with E-state index in [2.05, 4.69) is 4.98 Å². The van der Waals surface area contributed by atoms with Crippen LogP contribution in [0.3, 0.4) is 0 Å². The van der Waals surface area contributed by atoms with Crippen molar-refractivity contribution in [1.82, 2.24) is 4.98 Å². The predicted molar refractivity (Wildman–Crippen MR) is 69.8 cm³/mol. The first-order chi connectivity index (χ1) is 9.71. The molecule has 1 aromatic carbocycles. The third kappa shape index (κ3) is 5.22. The fourth-order valence-corrected chi connectivity index (χ4v) is 1.81. The maximum atomic E-state index is 10.9. The zero-order valence-corrected chi connectivity index (χ0v) is 11.1. The minimum Gasteiger partial charge on any atom is -0.475 e. The van der Waals surface area contributed by atoms with E-state index >= 15 is 0 Å². The van der Waals surface area contributed by atoms with Gasteiger partial charge >= 0.3 is 12.1 Å². The Morgan fingerprint density at radius 1 is 1.29 bits per heavy atom. The van der Waals surface area contributed by atoms with Gasteiger partial charge in [-0.05, 0) is 12.1 Å². The summed E-state index contributed by atoms with van der Waals surface area (Å²) in [6.45, 7) is 0. The van der Waals surface area contributed by atoms with Crippen LogP contribution in [-0.4, -0.2) is 28.1 Å². The normalized spacial score (nSPS) is 10.4. The molecule has 0 saturated carbocycles. The van der Waals surface area contributed by atoms with Gasteiger partial charge in [0.1, 0.15) is 5.01 Å². The maximum Gasteiger partial charge on any atom is 0.490 e. The van der Waals surface area contributed by atoms with Gasteiger partial charge < -0.3 is 10.8 Å². The Hall–Kier alpha value is -2.42. The highest BCUT2D eigenvalue weighted by Gasteiger charge is 2.38. The highest BCUT2D eigenvalue weighted by Crippen LogP contribution is 2.22. The minimum absolute atomic E-state index is 0.414. The molecule has 0 spiro atoms. The number of thiazole rings is 1. The summed E-state index contributed by atoms with van der Waals surface area (Å²) in [6, 6.07) is 7.16. The molecule has 5 nitrogen and oxygen atoms in total. The summed E-state index contributed by atoms with van der Waals surface area (Å²) < 4.78 is 31.7. The number of amides is 1. The van der Waals surface area contributed by atoms with E-state index in [0.717, 1.165) is 10.6 Å². The Kier molecular flexibility index (Phi) is 5.42. The lowest BCUT2D eigenvalue weighted by Gasteiger charge is -1.98. The van der Waals surface area contributed by atoms with Gasteiger partial charge in [-0.3, -0.25) is 4.79 Å². The summed E-state index contributed by atoms with van der Waals surface area (Å²) in [6.07, 6.45) is -3.35. The summed E-state index contributed by atoms with van der Waals surface area (Å²) in [4.78, 5) is 24.0. The number of carbonyl (C=O) groups is 2. The van der Waals surface area contributed by atoms with Gasteiger partial charge in [0.25, 0.3) is 0 Å². The Balaban J connectivity index is 0.000000270. The highest BCUT2D eigenvalue weighted by molar-refractivity contribution is 7.13. The molecule has 0 saturated heterocycles. The van der Waals surface area contributed by atoms with Crippen LogP contribution in [0.15, 0.2) is 35.8 Å². The smallest absolute Gasteiger partial charge is 0.475 e. The molecule has 1 amide bonds. The molecule has 0 unspecified atom stereocenters. The van der Waals surface area contributed by atoms with Crippen LogP contribution in [0, 0.1) is 0 Å². The molecule has 2 rings (SSSR count). The van der Waals surface area contributed by atoms with E-state index in [1.54, 1.807) is 24.4 Å². The lowest BCUT2D eigenvalue weighted by atomic mass is 10.1. The summed E-state index contributed by atoms with van der Waals surface area (Å²) in [7, 11) is 0. The maximum absolute atomic E-state index is 10.9. The summed E-state index contributed by atoms with van der Waals surface area (Å²) in [5.41, 5.74) is 6.62. The van der Waals surface area contributed by atoms with Crippen molar-refractivity contribution in [3.05, 3.63) is 41.4 Å². The van der Waals surface area contributed by atoms with Gasteiger partial charge in [0.2, 0.25) is 5.91 Å². The van der Waals surface area contributed by atoms with Crippen molar-refractivity contribution in [3.8, 4) is 10.6 Å². The van der Waals surface area contributed by atoms with Crippen LogP contribution in [0.5, 0.6) is 0 Å². The van der Waals surface area contributed by atoms with Crippen LogP contribution in [0.1, 0.15) is 10.4 Å². The highest BCUT2D eigenvalue weighted by atomic mass is 32.1.